The molecule has 0 bridgehead atoms. The third-order valence-electron chi connectivity index (χ3n) is 2.85. The van der Waals surface area contributed by atoms with Gasteiger partial charge in [0.05, 0.1) is 22.5 Å². The molecule has 1 N–H and O–H groups in total. The molecule has 0 saturated carbocycles. The quantitative estimate of drug-likeness (QED) is 0.432. The van der Waals surface area contributed by atoms with Crippen molar-refractivity contribution in [2.45, 2.75) is 11.9 Å². The molecule has 2 aromatic heterocycles. The Labute approximate surface area is 119 Å². The summed E-state index contributed by atoms with van der Waals surface area (Å²) in [4.78, 5) is 23.1. The average Bonchev–Trinajstić information content (AvgIpc) is 2.83. The van der Waals surface area contributed by atoms with E-state index in [0.717, 1.165) is 5.39 Å². The predicted molar refractivity (Wildman–Crippen MR) is 80.2 cm³/mol. The van der Waals surface area contributed by atoms with Crippen LogP contribution < -0.4 is 5.63 Å². The Morgan fingerprint density at radius 2 is 2.20 bits per heavy atom. The zero-order chi connectivity index (χ0) is 14.1. The number of rotatable bonds is 2. The van der Waals surface area contributed by atoms with Gasteiger partial charge in [-0.25, -0.2) is 14.8 Å². The molecule has 0 radical (unpaired) electrons. The first-order valence-corrected chi connectivity index (χ1v) is 6.41. The van der Waals surface area contributed by atoms with E-state index in [1.54, 1.807) is 25.3 Å². The number of aromatic amines is 1. The van der Waals surface area contributed by atoms with E-state index in [9.17, 15) is 4.79 Å². The Hall–Kier alpha value is -2.34. The highest BCUT2D eigenvalue weighted by Crippen LogP contribution is 2.15. The summed E-state index contributed by atoms with van der Waals surface area (Å²) in [6.45, 7) is 1.74. The number of fused-ring (bicyclic) bond motifs is 1. The molecule has 0 aliphatic heterocycles. The molecule has 1 aromatic carbocycles. The van der Waals surface area contributed by atoms with E-state index in [4.69, 9.17) is 4.42 Å². The third kappa shape index (κ3) is 2.37. The second-order valence-electron chi connectivity index (χ2n) is 4.27. The monoisotopic (exact) mass is 285 g/mol. The fraction of sp³-hybridized carbons (Fsp3) is 0.0714. The van der Waals surface area contributed by atoms with Gasteiger partial charge in [0.25, 0.3) is 0 Å². The number of H-pyrrole nitrogens is 1. The van der Waals surface area contributed by atoms with Crippen molar-refractivity contribution in [3.63, 3.8) is 0 Å². The molecule has 6 heteroatoms. The van der Waals surface area contributed by atoms with Gasteiger partial charge in [-0.3, -0.25) is 0 Å². The average molecular weight is 285 g/mol. The lowest BCUT2D eigenvalue weighted by atomic mass is 10.1. The minimum Gasteiger partial charge on any atom is -0.422 e. The van der Waals surface area contributed by atoms with Crippen molar-refractivity contribution < 1.29 is 4.42 Å². The predicted octanol–water partition coefficient (Wildman–Crippen LogP) is 2.95. The molecule has 0 fully saturated rings. The number of nitrogens with zero attached hydrogens (tertiary/aromatic N) is 2. The summed E-state index contributed by atoms with van der Waals surface area (Å²) in [6.07, 6.45) is 1.55. The highest BCUT2D eigenvalue weighted by atomic mass is 32.1. The third-order valence-corrected chi connectivity index (χ3v) is 3.08. The summed E-state index contributed by atoms with van der Waals surface area (Å²) in [5.74, 6) is 0.403. The zero-order valence-corrected chi connectivity index (χ0v) is 11.5. The van der Waals surface area contributed by atoms with E-state index in [2.05, 4.69) is 27.6 Å². The van der Waals surface area contributed by atoms with E-state index in [1.165, 1.54) is 0 Å². The topological polar surface area (TPSA) is 71.2 Å². The number of thiol groups is 1. The van der Waals surface area contributed by atoms with Crippen LogP contribution in [0.2, 0.25) is 0 Å². The Morgan fingerprint density at radius 1 is 1.40 bits per heavy atom. The van der Waals surface area contributed by atoms with E-state index in [1.807, 2.05) is 18.2 Å². The lowest BCUT2D eigenvalue weighted by Crippen LogP contribution is -2.11. The van der Waals surface area contributed by atoms with Crippen LogP contribution in [0, 0.1) is 0 Å². The second-order valence-corrected chi connectivity index (χ2v) is 4.76. The van der Waals surface area contributed by atoms with E-state index in [0.29, 0.717) is 27.8 Å². The van der Waals surface area contributed by atoms with Gasteiger partial charge in [-0.15, -0.1) is 12.6 Å². The standard InChI is InChI=1S/C14H11N3O2S/c1-8(16-14-15-7-12(20)17-14)10-6-9-4-2-3-5-11(9)19-13(10)18/h2-7,20H,1H3,(H,15,17). The number of nitrogens with one attached hydrogen (secondary N) is 1. The fourth-order valence-corrected chi connectivity index (χ4v) is 2.05. The molecular weight excluding hydrogens is 274 g/mol. The molecule has 0 saturated heterocycles. The van der Waals surface area contributed by atoms with Crippen LogP contribution in [-0.2, 0) is 0 Å². The first kappa shape index (κ1) is 12.7. The number of aliphatic imine (C=N–C) groups is 1. The van der Waals surface area contributed by atoms with Crippen molar-refractivity contribution in [3.05, 3.63) is 52.5 Å². The van der Waals surface area contributed by atoms with Crippen molar-refractivity contribution in [1.82, 2.24) is 9.97 Å². The molecule has 0 aliphatic carbocycles. The van der Waals surface area contributed by atoms with E-state index >= 15 is 0 Å². The highest BCUT2D eigenvalue weighted by molar-refractivity contribution is 7.80. The molecule has 0 aliphatic rings. The molecule has 0 atom stereocenters. The van der Waals surface area contributed by atoms with Crippen LogP contribution in [0.25, 0.3) is 11.0 Å². The number of para-hydroxylation sites is 1. The van der Waals surface area contributed by atoms with Crippen LogP contribution >= 0.6 is 12.6 Å². The number of hydrogen-bond donors (Lipinski definition) is 2. The zero-order valence-electron chi connectivity index (χ0n) is 10.6. The molecule has 3 rings (SSSR count). The second kappa shape index (κ2) is 4.97. The lowest BCUT2D eigenvalue weighted by molar-refractivity contribution is 0.559. The molecule has 20 heavy (non-hydrogen) atoms. The minimum absolute atomic E-state index is 0.403. The summed E-state index contributed by atoms with van der Waals surface area (Å²) < 4.78 is 5.27. The minimum atomic E-state index is -0.414. The maximum absolute atomic E-state index is 12.0. The Bertz CT molecular complexity index is 864. The first-order chi connectivity index (χ1) is 9.63. The van der Waals surface area contributed by atoms with Crippen molar-refractivity contribution >= 4 is 35.3 Å². The summed E-state index contributed by atoms with van der Waals surface area (Å²) >= 11 is 4.12. The summed E-state index contributed by atoms with van der Waals surface area (Å²) in [5.41, 5.74) is 1.10. The largest absolute Gasteiger partial charge is 0.422 e. The summed E-state index contributed by atoms with van der Waals surface area (Å²) in [6, 6.07) is 9.12. The maximum atomic E-state index is 12.0. The van der Waals surface area contributed by atoms with E-state index < -0.39 is 5.63 Å². The number of hydrogen-bond acceptors (Lipinski definition) is 5. The summed E-state index contributed by atoms with van der Waals surface area (Å²) in [7, 11) is 0. The highest BCUT2D eigenvalue weighted by Gasteiger charge is 2.08. The number of imidazole rings is 1. The molecule has 0 spiro atoms. The fourth-order valence-electron chi connectivity index (χ4n) is 1.89. The van der Waals surface area contributed by atoms with Gasteiger partial charge in [0.1, 0.15) is 5.58 Å². The lowest BCUT2D eigenvalue weighted by Gasteiger charge is -2.01. The van der Waals surface area contributed by atoms with Gasteiger partial charge < -0.3 is 9.40 Å². The van der Waals surface area contributed by atoms with Crippen LogP contribution in [0.15, 0.2) is 55.8 Å². The van der Waals surface area contributed by atoms with Gasteiger partial charge in [0.2, 0.25) is 5.95 Å². The number of benzene rings is 1. The normalized spacial score (nSPS) is 12.0. The molecule has 2 heterocycles. The van der Waals surface area contributed by atoms with Gasteiger partial charge >= 0.3 is 5.63 Å². The van der Waals surface area contributed by atoms with Gasteiger partial charge in [0.15, 0.2) is 0 Å². The van der Waals surface area contributed by atoms with Gasteiger partial charge in [-0.1, -0.05) is 18.2 Å². The van der Waals surface area contributed by atoms with Crippen LogP contribution in [0.4, 0.5) is 5.95 Å². The summed E-state index contributed by atoms with van der Waals surface area (Å²) in [5, 5.41) is 1.47. The Kier molecular flexibility index (Phi) is 3.15. The molecule has 3 aromatic rings. The van der Waals surface area contributed by atoms with Gasteiger partial charge in [-0.05, 0) is 19.1 Å². The van der Waals surface area contributed by atoms with Crippen LogP contribution in [0.1, 0.15) is 12.5 Å². The van der Waals surface area contributed by atoms with Crippen molar-refractivity contribution in [2.75, 3.05) is 0 Å². The molecule has 100 valence electrons. The molecule has 5 nitrogen and oxygen atoms in total. The Morgan fingerprint density at radius 3 is 2.95 bits per heavy atom. The van der Waals surface area contributed by atoms with Crippen LogP contribution in [0.5, 0.6) is 0 Å². The van der Waals surface area contributed by atoms with Crippen molar-refractivity contribution in [2.24, 2.45) is 4.99 Å². The first-order valence-electron chi connectivity index (χ1n) is 5.96. The van der Waals surface area contributed by atoms with Crippen LogP contribution in [0.3, 0.4) is 0 Å². The van der Waals surface area contributed by atoms with Crippen molar-refractivity contribution in [3.8, 4) is 0 Å². The van der Waals surface area contributed by atoms with Crippen LogP contribution in [-0.4, -0.2) is 15.7 Å². The molecular formula is C14H11N3O2S. The van der Waals surface area contributed by atoms with Gasteiger partial charge in [0, 0.05) is 5.39 Å². The SMILES string of the molecule is CC(=Nc1ncc(S)[nH]1)c1cc2ccccc2oc1=O. The van der Waals surface area contributed by atoms with E-state index in [-0.39, 0.29) is 0 Å². The Balaban J connectivity index is 2.11. The maximum Gasteiger partial charge on any atom is 0.345 e. The van der Waals surface area contributed by atoms with Gasteiger partial charge in [-0.2, -0.15) is 0 Å². The van der Waals surface area contributed by atoms with Crippen molar-refractivity contribution in [1.29, 1.82) is 0 Å². The molecule has 0 amide bonds. The smallest absolute Gasteiger partial charge is 0.345 e. The number of aromatic nitrogens is 2. The molecule has 0 unspecified atom stereocenters.